The summed E-state index contributed by atoms with van der Waals surface area (Å²) in [5.74, 6) is 4.04. The van der Waals surface area contributed by atoms with Crippen molar-refractivity contribution in [2.24, 2.45) is 23.2 Å². The Morgan fingerprint density at radius 3 is 2.43 bits per heavy atom. The molecule has 0 aliphatic heterocycles. The minimum atomic E-state index is 0.538. The van der Waals surface area contributed by atoms with Gasteiger partial charge >= 0.3 is 0 Å². The number of fused-ring (bicyclic) bond motifs is 1. The highest BCUT2D eigenvalue weighted by atomic mass is 15.0. The van der Waals surface area contributed by atoms with Gasteiger partial charge < -0.3 is 5.32 Å². The fourth-order valence-electron chi connectivity index (χ4n) is 6.15. The lowest BCUT2D eigenvalue weighted by atomic mass is 9.49. The molecule has 4 fully saturated rings. The molecule has 0 unspecified atom stereocenters. The van der Waals surface area contributed by atoms with Gasteiger partial charge in [0.2, 0.25) is 0 Å². The van der Waals surface area contributed by atoms with E-state index in [9.17, 15) is 0 Å². The molecule has 23 heavy (non-hydrogen) atoms. The Labute approximate surface area is 137 Å². The predicted molar refractivity (Wildman–Crippen MR) is 93.4 cm³/mol. The molecular weight excluding hydrogens is 282 g/mol. The molecular formula is C20H25N3. The summed E-state index contributed by atoms with van der Waals surface area (Å²) < 4.78 is 0. The molecule has 0 saturated heterocycles. The number of benzene rings is 1. The second-order valence-electron chi connectivity index (χ2n) is 8.46. The Bertz CT molecular complexity index is 716. The van der Waals surface area contributed by atoms with Gasteiger partial charge in [0, 0.05) is 11.9 Å². The van der Waals surface area contributed by atoms with E-state index in [1.807, 2.05) is 0 Å². The third-order valence-electron chi connectivity index (χ3n) is 6.66. The first-order valence-corrected chi connectivity index (χ1v) is 9.15. The Morgan fingerprint density at radius 2 is 1.74 bits per heavy atom. The van der Waals surface area contributed by atoms with Crippen molar-refractivity contribution < 1.29 is 0 Å². The molecule has 1 aromatic carbocycles. The maximum atomic E-state index is 4.54. The van der Waals surface area contributed by atoms with Crippen molar-refractivity contribution in [1.29, 1.82) is 0 Å². The van der Waals surface area contributed by atoms with Crippen molar-refractivity contribution in [1.82, 2.24) is 9.97 Å². The van der Waals surface area contributed by atoms with E-state index >= 15 is 0 Å². The van der Waals surface area contributed by atoms with Crippen LogP contribution >= 0.6 is 0 Å². The highest BCUT2D eigenvalue weighted by Gasteiger charge is 2.50. The molecule has 0 atom stereocenters. The minimum Gasteiger partial charge on any atom is -0.369 e. The zero-order chi connectivity index (χ0) is 15.4. The lowest BCUT2D eigenvalue weighted by molar-refractivity contribution is -0.0444. The van der Waals surface area contributed by atoms with Crippen LogP contribution in [0.3, 0.4) is 0 Å². The van der Waals surface area contributed by atoms with Crippen molar-refractivity contribution in [2.45, 2.75) is 45.4 Å². The number of rotatable bonds is 3. The van der Waals surface area contributed by atoms with Crippen LogP contribution in [0.1, 0.15) is 44.1 Å². The number of aryl methyl sites for hydroxylation is 1. The van der Waals surface area contributed by atoms with E-state index < -0.39 is 0 Å². The largest absolute Gasteiger partial charge is 0.369 e. The number of hydrogen-bond acceptors (Lipinski definition) is 3. The monoisotopic (exact) mass is 307 g/mol. The molecule has 6 rings (SSSR count). The summed E-state index contributed by atoms with van der Waals surface area (Å²) in [6.07, 6.45) is 10.5. The third kappa shape index (κ3) is 2.24. The van der Waals surface area contributed by atoms with Crippen molar-refractivity contribution in [2.75, 3.05) is 11.9 Å². The summed E-state index contributed by atoms with van der Waals surface area (Å²) >= 11 is 0. The van der Waals surface area contributed by atoms with E-state index in [4.69, 9.17) is 0 Å². The van der Waals surface area contributed by atoms with Crippen LogP contribution in [0.15, 0.2) is 24.5 Å². The zero-order valence-electron chi connectivity index (χ0n) is 13.9. The van der Waals surface area contributed by atoms with E-state index in [0.29, 0.717) is 5.41 Å². The van der Waals surface area contributed by atoms with Crippen molar-refractivity contribution >= 4 is 16.7 Å². The second kappa shape index (κ2) is 4.93. The van der Waals surface area contributed by atoms with Crippen molar-refractivity contribution in [3.05, 3.63) is 30.1 Å². The molecule has 3 heteroatoms. The smallest absolute Gasteiger partial charge is 0.137 e. The maximum absolute atomic E-state index is 4.54. The van der Waals surface area contributed by atoms with E-state index in [0.717, 1.165) is 41.0 Å². The Hall–Kier alpha value is -1.64. The van der Waals surface area contributed by atoms with Crippen LogP contribution in [0.5, 0.6) is 0 Å². The summed E-state index contributed by atoms with van der Waals surface area (Å²) in [6.45, 7) is 3.22. The molecule has 3 nitrogen and oxygen atoms in total. The lowest BCUT2D eigenvalue weighted by Gasteiger charge is -2.57. The highest BCUT2D eigenvalue weighted by Crippen LogP contribution is 2.59. The van der Waals surface area contributed by atoms with Gasteiger partial charge in [-0.05, 0) is 80.2 Å². The number of nitrogens with one attached hydrogen (secondary N) is 1. The molecule has 4 aliphatic carbocycles. The van der Waals surface area contributed by atoms with E-state index in [-0.39, 0.29) is 0 Å². The summed E-state index contributed by atoms with van der Waals surface area (Å²) in [7, 11) is 0. The molecule has 4 bridgehead atoms. The van der Waals surface area contributed by atoms with Gasteiger partial charge in [0.1, 0.15) is 12.1 Å². The molecule has 2 aromatic rings. The molecule has 0 amide bonds. The van der Waals surface area contributed by atoms with Gasteiger partial charge in [0.25, 0.3) is 0 Å². The topological polar surface area (TPSA) is 37.8 Å². The fourth-order valence-corrected chi connectivity index (χ4v) is 6.15. The van der Waals surface area contributed by atoms with Gasteiger partial charge in [0.15, 0.2) is 0 Å². The summed E-state index contributed by atoms with van der Waals surface area (Å²) in [5, 5.41) is 4.88. The molecule has 0 radical (unpaired) electrons. The zero-order valence-corrected chi connectivity index (χ0v) is 13.9. The van der Waals surface area contributed by atoms with Crippen LogP contribution in [0.25, 0.3) is 10.9 Å². The first kappa shape index (κ1) is 13.8. The Morgan fingerprint density at radius 1 is 1.04 bits per heavy atom. The van der Waals surface area contributed by atoms with Crippen LogP contribution in [0, 0.1) is 30.1 Å². The van der Waals surface area contributed by atoms with E-state index in [1.165, 1.54) is 44.1 Å². The summed E-state index contributed by atoms with van der Waals surface area (Å²) in [6, 6.07) is 6.37. The van der Waals surface area contributed by atoms with Crippen LogP contribution in [-0.4, -0.2) is 16.5 Å². The molecule has 4 aliphatic rings. The number of nitrogens with zero attached hydrogens (tertiary/aromatic N) is 2. The fraction of sp³-hybridized carbons (Fsp3) is 0.600. The number of anilines is 1. The molecule has 1 aromatic heterocycles. The molecule has 1 N–H and O–H groups in total. The molecule has 120 valence electrons. The minimum absolute atomic E-state index is 0.538. The van der Waals surface area contributed by atoms with Gasteiger partial charge in [-0.2, -0.15) is 0 Å². The van der Waals surface area contributed by atoms with Crippen LogP contribution < -0.4 is 5.32 Å². The van der Waals surface area contributed by atoms with Crippen LogP contribution in [0.2, 0.25) is 0 Å². The van der Waals surface area contributed by atoms with Gasteiger partial charge in [-0.15, -0.1) is 0 Å². The average Bonchev–Trinajstić information content (AvgIpc) is 2.52. The average molecular weight is 307 g/mol. The van der Waals surface area contributed by atoms with Gasteiger partial charge in [-0.3, -0.25) is 0 Å². The lowest BCUT2D eigenvalue weighted by Crippen LogP contribution is -2.49. The second-order valence-corrected chi connectivity index (χ2v) is 8.46. The van der Waals surface area contributed by atoms with Gasteiger partial charge in [-0.1, -0.05) is 12.1 Å². The third-order valence-corrected chi connectivity index (χ3v) is 6.66. The van der Waals surface area contributed by atoms with Crippen molar-refractivity contribution in [3.63, 3.8) is 0 Å². The molecule has 4 saturated carbocycles. The quantitative estimate of drug-likeness (QED) is 0.903. The predicted octanol–water partition coefficient (Wildman–Crippen LogP) is 4.57. The number of aromatic nitrogens is 2. The molecule has 1 heterocycles. The first-order chi connectivity index (χ1) is 11.2. The van der Waals surface area contributed by atoms with E-state index in [1.54, 1.807) is 6.33 Å². The first-order valence-electron chi connectivity index (χ1n) is 9.15. The van der Waals surface area contributed by atoms with Crippen LogP contribution in [-0.2, 0) is 0 Å². The van der Waals surface area contributed by atoms with E-state index in [2.05, 4.69) is 40.4 Å². The Kier molecular flexibility index (Phi) is 2.95. The highest BCUT2D eigenvalue weighted by molar-refractivity contribution is 5.90. The maximum Gasteiger partial charge on any atom is 0.137 e. The summed E-state index contributed by atoms with van der Waals surface area (Å²) in [4.78, 5) is 9.01. The van der Waals surface area contributed by atoms with Gasteiger partial charge in [-0.25, -0.2) is 9.97 Å². The van der Waals surface area contributed by atoms with Gasteiger partial charge in [0.05, 0.1) is 5.52 Å². The number of para-hydroxylation sites is 1. The normalized spacial score (nSPS) is 34.9. The van der Waals surface area contributed by atoms with Crippen LogP contribution in [0.4, 0.5) is 5.82 Å². The molecule has 0 spiro atoms. The standard InChI is InChI=1S/C20H25N3/c1-13-3-2-4-17-18(13)22-12-23-19(17)21-11-20-8-14-5-15(9-20)7-16(6-14)10-20/h2-4,12,14-16H,5-11H2,1H3,(H,21,22,23). The Balaban J connectivity index is 1.42. The SMILES string of the molecule is Cc1cccc2c(NCC34CC5CC(CC(C5)C3)C4)ncnc12. The number of hydrogen-bond donors (Lipinski definition) is 1. The van der Waals surface area contributed by atoms with Crippen molar-refractivity contribution in [3.8, 4) is 0 Å². The summed E-state index contributed by atoms with van der Waals surface area (Å²) in [5.41, 5.74) is 2.84.